The lowest BCUT2D eigenvalue weighted by molar-refractivity contribution is -0.131. The molecule has 0 aliphatic rings. The van der Waals surface area contributed by atoms with Crippen LogP contribution >= 0.6 is 10.3 Å². The van der Waals surface area contributed by atoms with Crippen molar-refractivity contribution in [1.29, 1.82) is 0 Å². The third kappa shape index (κ3) is 5.27. The van der Waals surface area contributed by atoms with Crippen molar-refractivity contribution in [2.75, 3.05) is 6.26 Å². The molecule has 0 radical (unpaired) electrons. The van der Waals surface area contributed by atoms with Gasteiger partial charge in [-0.1, -0.05) is 34.6 Å². The lowest BCUT2D eigenvalue weighted by Gasteiger charge is -2.35. The number of benzene rings is 2. The van der Waals surface area contributed by atoms with E-state index in [0.717, 1.165) is 5.56 Å². The highest BCUT2D eigenvalue weighted by Crippen LogP contribution is 2.59. The van der Waals surface area contributed by atoms with Crippen LogP contribution in [0, 0.1) is 6.92 Å². The minimum absolute atomic E-state index is 0.0398. The van der Waals surface area contributed by atoms with Gasteiger partial charge in [-0.3, -0.25) is 4.79 Å². The van der Waals surface area contributed by atoms with E-state index in [4.69, 9.17) is 8.37 Å². The van der Waals surface area contributed by atoms with Gasteiger partial charge in [0.25, 0.3) is 0 Å². The fourth-order valence-electron chi connectivity index (χ4n) is 2.41. The summed E-state index contributed by atoms with van der Waals surface area (Å²) in [5, 5.41) is 0. The molecule has 0 fully saturated rings. The second kappa shape index (κ2) is 8.14. The zero-order valence-electron chi connectivity index (χ0n) is 15.3. The number of halogens is 3. The second-order valence-electron chi connectivity index (χ2n) is 6.11. The molecule has 0 spiro atoms. The molecular formula is C18H19F3O5S2. The number of rotatable bonds is 6. The SMILES string of the molecule is CC(=O)Oc1ccc(S(C)(Cc2ccccc2C)OS(=O)(=O)C(F)(F)F)cc1. The molecule has 0 N–H and O–H groups in total. The van der Waals surface area contributed by atoms with Gasteiger partial charge in [-0.05, 0) is 48.6 Å². The maximum absolute atomic E-state index is 12.9. The van der Waals surface area contributed by atoms with E-state index in [-0.39, 0.29) is 16.4 Å². The van der Waals surface area contributed by atoms with Gasteiger partial charge in [0.05, 0.1) is 0 Å². The van der Waals surface area contributed by atoms with Crippen LogP contribution in [0.25, 0.3) is 0 Å². The van der Waals surface area contributed by atoms with Crippen molar-refractivity contribution in [2.24, 2.45) is 0 Å². The highest BCUT2D eigenvalue weighted by atomic mass is 32.3. The number of hydrogen-bond donors (Lipinski definition) is 0. The minimum atomic E-state index is -5.81. The zero-order chi connectivity index (χ0) is 21.2. The van der Waals surface area contributed by atoms with Crippen LogP contribution in [-0.2, 0) is 24.3 Å². The topological polar surface area (TPSA) is 69.7 Å². The number of carbonyl (C=O) groups excluding carboxylic acids is 1. The Morgan fingerprint density at radius 1 is 1.04 bits per heavy atom. The van der Waals surface area contributed by atoms with Crippen LogP contribution in [0.1, 0.15) is 18.1 Å². The number of esters is 1. The Kier molecular flexibility index (Phi) is 6.47. The van der Waals surface area contributed by atoms with Crippen LogP contribution in [-0.4, -0.2) is 26.2 Å². The van der Waals surface area contributed by atoms with E-state index in [1.54, 1.807) is 31.2 Å². The standard InChI is InChI=1S/C18H19F3O5S2/c1-13-6-4-5-7-15(13)12-27(3,26-28(23,24)18(19,20)21)17-10-8-16(9-11-17)25-14(2)22/h4-11H,12H2,1-3H3. The molecule has 0 aromatic heterocycles. The molecule has 2 aromatic carbocycles. The van der Waals surface area contributed by atoms with Gasteiger partial charge in [0.15, 0.2) is 0 Å². The Labute approximate surface area is 163 Å². The van der Waals surface area contributed by atoms with Crippen molar-refractivity contribution in [3.8, 4) is 5.75 Å². The van der Waals surface area contributed by atoms with E-state index in [1.807, 2.05) is 0 Å². The summed E-state index contributed by atoms with van der Waals surface area (Å²) in [7, 11) is -8.74. The lowest BCUT2D eigenvalue weighted by Crippen LogP contribution is -2.27. The molecule has 0 saturated carbocycles. The summed E-state index contributed by atoms with van der Waals surface area (Å²) in [6, 6.07) is 12.5. The van der Waals surface area contributed by atoms with Gasteiger partial charge in [0.1, 0.15) is 5.75 Å². The van der Waals surface area contributed by atoms with E-state index >= 15 is 0 Å². The van der Waals surface area contributed by atoms with Crippen molar-refractivity contribution in [1.82, 2.24) is 0 Å². The molecule has 1 unspecified atom stereocenters. The maximum Gasteiger partial charge on any atom is 0.523 e. The summed E-state index contributed by atoms with van der Waals surface area (Å²) in [5.41, 5.74) is -4.07. The fourth-order valence-corrected chi connectivity index (χ4v) is 6.61. The summed E-state index contributed by atoms with van der Waals surface area (Å²) in [6.45, 7) is 2.98. The number of ether oxygens (including phenoxy) is 1. The van der Waals surface area contributed by atoms with Gasteiger partial charge in [-0.2, -0.15) is 21.6 Å². The molecule has 0 amide bonds. The van der Waals surface area contributed by atoms with Crippen LogP contribution < -0.4 is 4.74 Å². The monoisotopic (exact) mass is 436 g/mol. The first kappa shape index (κ1) is 22.3. The van der Waals surface area contributed by atoms with Crippen LogP contribution in [0.2, 0.25) is 0 Å². The third-order valence-electron chi connectivity index (χ3n) is 3.80. The van der Waals surface area contributed by atoms with Crippen molar-refractivity contribution in [2.45, 2.75) is 30.0 Å². The second-order valence-corrected chi connectivity index (χ2v) is 10.8. The summed E-state index contributed by atoms with van der Waals surface area (Å²) >= 11 is 0. The van der Waals surface area contributed by atoms with E-state index in [9.17, 15) is 26.4 Å². The molecule has 1 atom stereocenters. The molecule has 28 heavy (non-hydrogen) atoms. The van der Waals surface area contributed by atoms with Crippen LogP contribution in [0.15, 0.2) is 53.4 Å². The Bertz CT molecular complexity index is 956. The van der Waals surface area contributed by atoms with Crippen molar-refractivity contribution < 1.29 is 34.7 Å². The zero-order valence-corrected chi connectivity index (χ0v) is 17.0. The summed E-state index contributed by atoms with van der Waals surface area (Å²) < 4.78 is 72.0. The molecule has 2 rings (SSSR count). The number of aryl methyl sites for hydroxylation is 1. The van der Waals surface area contributed by atoms with E-state index in [0.29, 0.717) is 5.56 Å². The predicted octanol–water partition coefficient (Wildman–Crippen LogP) is 4.70. The van der Waals surface area contributed by atoms with Crippen LogP contribution in [0.5, 0.6) is 5.75 Å². The predicted molar refractivity (Wildman–Crippen MR) is 100 cm³/mol. The molecule has 5 nitrogen and oxygen atoms in total. The lowest BCUT2D eigenvalue weighted by atomic mass is 10.1. The summed E-state index contributed by atoms with van der Waals surface area (Å²) in [6.07, 6.45) is 1.35. The highest BCUT2D eigenvalue weighted by molar-refractivity contribution is 8.32. The molecule has 0 saturated heterocycles. The maximum atomic E-state index is 12.9. The first-order chi connectivity index (χ1) is 12.8. The van der Waals surface area contributed by atoms with Gasteiger partial charge >= 0.3 is 21.6 Å². The van der Waals surface area contributed by atoms with Gasteiger partial charge < -0.3 is 4.74 Å². The summed E-state index contributed by atoms with van der Waals surface area (Å²) in [4.78, 5) is 11.3. The first-order valence-corrected chi connectivity index (χ1v) is 11.5. The molecule has 10 heteroatoms. The average molecular weight is 436 g/mol. The van der Waals surface area contributed by atoms with Gasteiger partial charge in [0, 0.05) is 17.6 Å². The van der Waals surface area contributed by atoms with Crippen LogP contribution in [0.4, 0.5) is 13.2 Å². The average Bonchev–Trinajstić information content (AvgIpc) is 2.55. The largest absolute Gasteiger partial charge is 0.523 e. The number of alkyl halides is 3. The fraction of sp³-hybridized carbons (Fsp3) is 0.278. The quantitative estimate of drug-likeness (QED) is 0.373. The molecular weight excluding hydrogens is 417 g/mol. The van der Waals surface area contributed by atoms with Crippen molar-refractivity contribution in [3.05, 3.63) is 59.7 Å². The van der Waals surface area contributed by atoms with Crippen LogP contribution in [0.3, 0.4) is 0 Å². The van der Waals surface area contributed by atoms with Crippen molar-refractivity contribution in [3.63, 3.8) is 0 Å². The van der Waals surface area contributed by atoms with E-state index in [2.05, 4.69) is 0 Å². The highest BCUT2D eigenvalue weighted by Gasteiger charge is 2.50. The molecule has 0 aliphatic heterocycles. The Hall–Kier alpha value is -2.04. The normalized spacial score (nSPS) is 15.5. The Balaban J connectivity index is 2.49. The van der Waals surface area contributed by atoms with Gasteiger partial charge in [-0.25, -0.2) is 3.63 Å². The molecule has 0 aliphatic carbocycles. The molecule has 154 valence electrons. The molecule has 0 bridgehead atoms. The molecule has 2 aromatic rings. The van der Waals surface area contributed by atoms with E-state index < -0.39 is 31.9 Å². The minimum Gasteiger partial charge on any atom is -0.427 e. The molecule has 0 heterocycles. The first-order valence-electron chi connectivity index (χ1n) is 7.95. The number of carbonyl (C=O) groups is 1. The van der Waals surface area contributed by atoms with E-state index in [1.165, 1.54) is 37.4 Å². The number of hydrogen-bond acceptors (Lipinski definition) is 5. The third-order valence-corrected chi connectivity index (χ3v) is 8.42. The Morgan fingerprint density at radius 2 is 1.61 bits per heavy atom. The summed E-state index contributed by atoms with van der Waals surface area (Å²) in [5.74, 6) is -0.409. The smallest absolute Gasteiger partial charge is 0.427 e. The van der Waals surface area contributed by atoms with Gasteiger partial charge in [-0.15, -0.1) is 0 Å². The Morgan fingerprint density at radius 3 is 2.11 bits per heavy atom. The van der Waals surface area contributed by atoms with Gasteiger partial charge in [0.2, 0.25) is 0 Å². The van der Waals surface area contributed by atoms with Crippen molar-refractivity contribution >= 4 is 26.4 Å².